The minimum atomic E-state index is -0.235. The van der Waals surface area contributed by atoms with Crippen LogP contribution in [-0.2, 0) is 6.54 Å². The van der Waals surface area contributed by atoms with Crippen LogP contribution in [0, 0.1) is 0 Å². The van der Waals surface area contributed by atoms with Crippen LogP contribution in [0.3, 0.4) is 0 Å². The molecule has 1 aliphatic heterocycles. The predicted molar refractivity (Wildman–Crippen MR) is 81.5 cm³/mol. The smallest absolute Gasteiger partial charge is 0.283 e. The molecule has 1 aromatic rings. The summed E-state index contributed by atoms with van der Waals surface area (Å²) in [6.07, 6.45) is 5.14. The van der Waals surface area contributed by atoms with Crippen LogP contribution in [0.1, 0.15) is 33.1 Å². The SMILES string of the molecule is CC1CCCC(C)N1Nc1cnn(CCO)c(=O)c1Br. The Morgan fingerprint density at radius 2 is 2.10 bits per heavy atom. The Labute approximate surface area is 126 Å². The average Bonchev–Trinajstić information content (AvgIpc) is 2.42. The summed E-state index contributed by atoms with van der Waals surface area (Å²) < 4.78 is 1.70. The standard InChI is InChI=1S/C13H21BrN4O2/c1-9-4-3-5-10(2)18(9)16-11-8-15-17(6-7-19)13(20)12(11)14/h8-10,16,19H,3-7H2,1-2H3. The molecule has 2 unspecified atom stereocenters. The van der Waals surface area contributed by atoms with E-state index in [-0.39, 0.29) is 18.7 Å². The molecule has 0 amide bonds. The number of aromatic nitrogens is 2. The number of hydrogen-bond acceptors (Lipinski definition) is 5. The molecule has 1 fully saturated rings. The molecule has 7 heteroatoms. The maximum atomic E-state index is 12.1. The maximum absolute atomic E-state index is 12.1. The van der Waals surface area contributed by atoms with E-state index in [0.717, 1.165) is 12.8 Å². The molecule has 0 saturated carbocycles. The lowest BCUT2D eigenvalue weighted by Crippen LogP contribution is -2.47. The first kappa shape index (κ1) is 15.5. The zero-order valence-electron chi connectivity index (χ0n) is 11.8. The maximum Gasteiger partial charge on any atom is 0.283 e. The third kappa shape index (κ3) is 3.21. The summed E-state index contributed by atoms with van der Waals surface area (Å²) in [5, 5.41) is 15.1. The first-order chi connectivity index (χ1) is 9.54. The summed E-state index contributed by atoms with van der Waals surface area (Å²) in [6, 6.07) is 0.844. The van der Waals surface area contributed by atoms with Crippen LogP contribution in [-0.4, -0.2) is 38.6 Å². The van der Waals surface area contributed by atoms with E-state index in [4.69, 9.17) is 5.11 Å². The highest BCUT2D eigenvalue weighted by molar-refractivity contribution is 9.10. The van der Waals surface area contributed by atoms with Crippen molar-refractivity contribution in [1.29, 1.82) is 0 Å². The van der Waals surface area contributed by atoms with Crippen LogP contribution >= 0.6 is 15.9 Å². The van der Waals surface area contributed by atoms with Gasteiger partial charge in [0.25, 0.3) is 5.56 Å². The summed E-state index contributed by atoms with van der Waals surface area (Å²) in [5.41, 5.74) is 3.74. The summed E-state index contributed by atoms with van der Waals surface area (Å²) >= 11 is 3.32. The molecule has 1 aromatic heterocycles. The van der Waals surface area contributed by atoms with Crippen molar-refractivity contribution in [3.8, 4) is 0 Å². The fraction of sp³-hybridized carbons (Fsp3) is 0.692. The normalized spacial score (nSPS) is 23.8. The molecule has 112 valence electrons. The Morgan fingerprint density at radius 1 is 1.45 bits per heavy atom. The Balaban J connectivity index is 2.21. The summed E-state index contributed by atoms with van der Waals surface area (Å²) in [6.45, 7) is 4.45. The highest BCUT2D eigenvalue weighted by Gasteiger charge is 2.25. The highest BCUT2D eigenvalue weighted by atomic mass is 79.9. The van der Waals surface area contributed by atoms with Crippen molar-refractivity contribution in [3.63, 3.8) is 0 Å². The van der Waals surface area contributed by atoms with Gasteiger partial charge in [0.2, 0.25) is 0 Å². The summed E-state index contributed by atoms with van der Waals surface area (Å²) in [5.74, 6) is 0. The molecule has 2 N–H and O–H groups in total. The number of rotatable bonds is 4. The second-order valence-corrected chi connectivity index (χ2v) is 6.07. The Bertz CT molecular complexity index is 510. The quantitative estimate of drug-likeness (QED) is 0.867. The number of nitrogens with zero attached hydrogens (tertiary/aromatic N) is 3. The van der Waals surface area contributed by atoms with Gasteiger partial charge in [-0.3, -0.25) is 4.79 Å². The minimum absolute atomic E-state index is 0.105. The Hall–Kier alpha value is -0.920. The molecule has 0 radical (unpaired) electrons. The first-order valence-electron chi connectivity index (χ1n) is 6.96. The number of hydrazine groups is 1. The van der Waals surface area contributed by atoms with Gasteiger partial charge in [-0.25, -0.2) is 9.69 Å². The number of nitrogens with one attached hydrogen (secondary N) is 1. The number of aliphatic hydroxyl groups is 1. The van der Waals surface area contributed by atoms with E-state index in [1.165, 1.54) is 11.1 Å². The second-order valence-electron chi connectivity index (χ2n) is 5.27. The van der Waals surface area contributed by atoms with Crippen molar-refractivity contribution in [3.05, 3.63) is 21.0 Å². The zero-order valence-corrected chi connectivity index (χ0v) is 13.4. The molecule has 0 aromatic carbocycles. The van der Waals surface area contributed by atoms with Crippen molar-refractivity contribution in [2.24, 2.45) is 0 Å². The van der Waals surface area contributed by atoms with Crippen molar-refractivity contribution in [1.82, 2.24) is 14.8 Å². The molecule has 0 bridgehead atoms. The van der Waals surface area contributed by atoms with Gasteiger partial charge >= 0.3 is 0 Å². The number of piperidine rings is 1. The Kier molecular flexibility index (Phi) is 5.17. The molecular weight excluding hydrogens is 324 g/mol. The van der Waals surface area contributed by atoms with Gasteiger partial charge in [-0.05, 0) is 42.6 Å². The lowest BCUT2D eigenvalue weighted by Gasteiger charge is -2.39. The molecule has 2 heterocycles. The van der Waals surface area contributed by atoms with Gasteiger partial charge in [0, 0.05) is 12.1 Å². The molecule has 6 nitrogen and oxygen atoms in total. The van der Waals surface area contributed by atoms with Gasteiger partial charge in [-0.15, -0.1) is 0 Å². The van der Waals surface area contributed by atoms with Crippen LogP contribution in [0.25, 0.3) is 0 Å². The zero-order chi connectivity index (χ0) is 14.7. The van der Waals surface area contributed by atoms with E-state index in [2.05, 4.69) is 45.3 Å². The average molecular weight is 345 g/mol. The molecule has 0 spiro atoms. The van der Waals surface area contributed by atoms with E-state index < -0.39 is 0 Å². The van der Waals surface area contributed by atoms with Gasteiger partial charge in [-0.1, -0.05) is 6.42 Å². The number of aliphatic hydroxyl groups excluding tert-OH is 1. The van der Waals surface area contributed by atoms with Crippen LogP contribution in [0.5, 0.6) is 0 Å². The molecular formula is C13H21BrN4O2. The van der Waals surface area contributed by atoms with Gasteiger partial charge in [-0.2, -0.15) is 5.10 Å². The summed E-state index contributed by atoms with van der Waals surface area (Å²) in [7, 11) is 0. The summed E-state index contributed by atoms with van der Waals surface area (Å²) in [4.78, 5) is 12.1. The third-order valence-electron chi connectivity index (χ3n) is 3.74. The molecule has 2 rings (SSSR count). The topological polar surface area (TPSA) is 70.4 Å². The highest BCUT2D eigenvalue weighted by Crippen LogP contribution is 2.25. The van der Waals surface area contributed by atoms with Crippen LogP contribution in [0.2, 0.25) is 0 Å². The van der Waals surface area contributed by atoms with Gasteiger partial charge in [0.15, 0.2) is 0 Å². The van der Waals surface area contributed by atoms with Crippen LogP contribution in [0.15, 0.2) is 15.5 Å². The lowest BCUT2D eigenvalue weighted by molar-refractivity contribution is 0.135. The van der Waals surface area contributed by atoms with Crippen molar-refractivity contribution >= 4 is 21.6 Å². The van der Waals surface area contributed by atoms with E-state index in [9.17, 15) is 4.79 Å². The van der Waals surface area contributed by atoms with Crippen LogP contribution in [0.4, 0.5) is 5.69 Å². The van der Waals surface area contributed by atoms with Gasteiger partial charge in [0.05, 0.1) is 25.0 Å². The molecule has 1 aliphatic rings. The monoisotopic (exact) mass is 344 g/mol. The number of hydrogen-bond donors (Lipinski definition) is 2. The largest absolute Gasteiger partial charge is 0.394 e. The lowest BCUT2D eigenvalue weighted by atomic mass is 10.00. The number of halogens is 1. The van der Waals surface area contributed by atoms with Gasteiger partial charge in [0.1, 0.15) is 4.47 Å². The third-order valence-corrected chi connectivity index (χ3v) is 4.51. The van der Waals surface area contributed by atoms with Crippen molar-refractivity contribution in [2.45, 2.75) is 51.7 Å². The second kappa shape index (κ2) is 6.69. The minimum Gasteiger partial charge on any atom is -0.394 e. The fourth-order valence-electron chi connectivity index (χ4n) is 2.58. The van der Waals surface area contributed by atoms with Crippen LogP contribution < -0.4 is 11.0 Å². The van der Waals surface area contributed by atoms with Crippen molar-refractivity contribution < 1.29 is 5.11 Å². The van der Waals surface area contributed by atoms with E-state index in [1.54, 1.807) is 6.20 Å². The first-order valence-corrected chi connectivity index (χ1v) is 7.75. The fourth-order valence-corrected chi connectivity index (χ4v) is 2.97. The number of anilines is 1. The van der Waals surface area contributed by atoms with Gasteiger partial charge < -0.3 is 10.5 Å². The van der Waals surface area contributed by atoms with Crippen molar-refractivity contribution in [2.75, 3.05) is 12.0 Å². The van der Waals surface area contributed by atoms with E-state index >= 15 is 0 Å². The van der Waals surface area contributed by atoms with E-state index in [1.807, 2.05) is 0 Å². The predicted octanol–water partition coefficient (Wildman–Crippen LogP) is 1.59. The Morgan fingerprint density at radius 3 is 2.70 bits per heavy atom. The molecule has 0 aliphatic carbocycles. The van der Waals surface area contributed by atoms with E-state index in [0.29, 0.717) is 22.2 Å². The molecule has 2 atom stereocenters. The molecule has 20 heavy (non-hydrogen) atoms. The molecule has 1 saturated heterocycles.